The molecule has 0 unspecified atom stereocenters. The van der Waals surface area contributed by atoms with Gasteiger partial charge in [-0.05, 0) is 48.0 Å². The van der Waals surface area contributed by atoms with Gasteiger partial charge in [0.2, 0.25) is 0 Å². The van der Waals surface area contributed by atoms with Crippen molar-refractivity contribution in [3.63, 3.8) is 0 Å². The van der Waals surface area contributed by atoms with Crippen molar-refractivity contribution >= 4 is 27.8 Å². The Morgan fingerprint density at radius 1 is 1.11 bits per heavy atom. The molecule has 0 atom stereocenters. The van der Waals surface area contributed by atoms with Crippen LogP contribution in [0.15, 0.2) is 54.6 Å². The molecule has 0 radical (unpaired) electrons. The Morgan fingerprint density at radius 2 is 1.97 bits per heavy atom. The van der Waals surface area contributed by atoms with Crippen LogP contribution < -0.4 is 10.1 Å². The molecular formula is C28H28N6O4. The Bertz CT molecular complexity index is 1620. The van der Waals surface area contributed by atoms with Crippen LogP contribution in [0, 0.1) is 0 Å². The minimum absolute atomic E-state index is 0.112. The van der Waals surface area contributed by atoms with Crippen LogP contribution in [0.1, 0.15) is 10.4 Å². The van der Waals surface area contributed by atoms with Gasteiger partial charge < -0.3 is 24.9 Å². The lowest BCUT2D eigenvalue weighted by atomic mass is 10.0. The van der Waals surface area contributed by atoms with Gasteiger partial charge in [-0.1, -0.05) is 6.07 Å². The van der Waals surface area contributed by atoms with E-state index in [2.05, 4.69) is 25.4 Å². The first-order valence-corrected chi connectivity index (χ1v) is 12.5. The standard InChI is InChI=1S/C28H28N6O4/c1-37-25-16-19(35)4-6-20(25)17-2-5-21-23(14-17)32-33-26(21)27-30-22-7-3-18(15-24(22)31-27)28(36)29-8-9-34-10-12-38-13-11-34/h2-7,14-16,35H,8-13H2,1H3,(H,29,36)(H,30,31)(H,32,33). The van der Waals surface area contributed by atoms with E-state index in [4.69, 9.17) is 14.5 Å². The lowest BCUT2D eigenvalue weighted by Gasteiger charge is -2.26. The SMILES string of the molecule is COc1cc(O)ccc1-c1ccc2c(-c3nc4ccc(C(=O)NCCN5CCOCC5)cc4[nH]3)n[nH]c2c1. The highest BCUT2D eigenvalue weighted by molar-refractivity contribution is 5.99. The number of amides is 1. The third kappa shape index (κ3) is 4.67. The van der Waals surface area contributed by atoms with E-state index in [1.807, 2.05) is 36.4 Å². The quantitative estimate of drug-likeness (QED) is 0.263. The number of phenolic OH excluding ortho intramolecular Hbond substituents is 1. The smallest absolute Gasteiger partial charge is 0.251 e. The van der Waals surface area contributed by atoms with Crippen molar-refractivity contribution in [1.29, 1.82) is 0 Å². The summed E-state index contributed by atoms with van der Waals surface area (Å²) >= 11 is 0. The van der Waals surface area contributed by atoms with Crippen LogP contribution in [0.4, 0.5) is 0 Å². The maximum Gasteiger partial charge on any atom is 0.251 e. The van der Waals surface area contributed by atoms with Crippen molar-refractivity contribution in [2.75, 3.05) is 46.5 Å². The molecule has 3 heterocycles. The van der Waals surface area contributed by atoms with Crippen LogP contribution in [0.25, 0.3) is 44.6 Å². The Morgan fingerprint density at radius 3 is 2.82 bits per heavy atom. The van der Waals surface area contributed by atoms with Gasteiger partial charge in [-0.15, -0.1) is 0 Å². The lowest BCUT2D eigenvalue weighted by molar-refractivity contribution is 0.0383. The number of benzene rings is 3. The fourth-order valence-corrected chi connectivity index (χ4v) is 4.80. The molecule has 1 aliphatic rings. The number of imidazole rings is 1. The number of carbonyl (C=O) groups excluding carboxylic acids is 1. The molecule has 194 valence electrons. The van der Waals surface area contributed by atoms with E-state index in [1.165, 1.54) is 0 Å². The number of nitrogens with one attached hydrogen (secondary N) is 3. The number of ether oxygens (including phenoxy) is 2. The molecule has 6 rings (SSSR count). The summed E-state index contributed by atoms with van der Waals surface area (Å²) in [6.45, 7) is 4.67. The van der Waals surface area contributed by atoms with Gasteiger partial charge in [0.15, 0.2) is 5.82 Å². The minimum Gasteiger partial charge on any atom is -0.508 e. The van der Waals surface area contributed by atoms with Gasteiger partial charge in [-0.3, -0.25) is 14.8 Å². The first kappa shape index (κ1) is 24.0. The number of hydrogen-bond acceptors (Lipinski definition) is 7. The fourth-order valence-electron chi connectivity index (χ4n) is 4.80. The second kappa shape index (κ2) is 10.2. The van der Waals surface area contributed by atoms with Gasteiger partial charge in [-0.25, -0.2) is 4.98 Å². The van der Waals surface area contributed by atoms with E-state index < -0.39 is 0 Å². The highest BCUT2D eigenvalue weighted by atomic mass is 16.5. The van der Waals surface area contributed by atoms with Gasteiger partial charge in [-0.2, -0.15) is 5.10 Å². The molecule has 38 heavy (non-hydrogen) atoms. The van der Waals surface area contributed by atoms with Crippen molar-refractivity contribution < 1.29 is 19.4 Å². The zero-order valence-electron chi connectivity index (χ0n) is 21.0. The van der Waals surface area contributed by atoms with E-state index in [-0.39, 0.29) is 11.7 Å². The number of phenols is 1. The molecule has 0 spiro atoms. The second-order valence-electron chi connectivity index (χ2n) is 9.24. The van der Waals surface area contributed by atoms with E-state index in [0.29, 0.717) is 29.4 Å². The molecule has 10 nitrogen and oxygen atoms in total. The molecule has 3 aromatic carbocycles. The van der Waals surface area contributed by atoms with Crippen molar-refractivity contribution in [2.24, 2.45) is 0 Å². The van der Waals surface area contributed by atoms with Crippen molar-refractivity contribution in [3.8, 4) is 34.1 Å². The summed E-state index contributed by atoms with van der Waals surface area (Å²) in [7, 11) is 1.58. The number of aromatic nitrogens is 4. The van der Waals surface area contributed by atoms with Crippen molar-refractivity contribution in [3.05, 3.63) is 60.2 Å². The number of hydrogen-bond donors (Lipinski definition) is 4. The van der Waals surface area contributed by atoms with Gasteiger partial charge in [0.1, 0.15) is 17.2 Å². The number of morpholine rings is 1. The molecule has 1 aliphatic heterocycles. The maximum atomic E-state index is 12.7. The average Bonchev–Trinajstić information content (AvgIpc) is 3.56. The molecule has 2 aromatic heterocycles. The number of methoxy groups -OCH3 is 1. The fraction of sp³-hybridized carbons (Fsp3) is 0.250. The summed E-state index contributed by atoms with van der Waals surface area (Å²) in [5, 5.41) is 21.3. The van der Waals surface area contributed by atoms with Crippen LogP contribution in [0.2, 0.25) is 0 Å². The number of aromatic amines is 2. The molecule has 5 aromatic rings. The molecule has 10 heteroatoms. The Hall–Kier alpha value is -4.41. The monoisotopic (exact) mass is 512 g/mol. The molecule has 0 saturated carbocycles. The summed E-state index contributed by atoms with van der Waals surface area (Å²) in [5.41, 5.74) is 5.43. The number of fused-ring (bicyclic) bond motifs is 2. The van der Waals surface area contributed by atoms with E-state index >= 15 is 0 Å². The normalized spacial score (nSPS) is 14.2. The van der Waals surface area contributed by atoms with Crippen LogP contribution in [0.3, 0.4) is 0 Å². The largest absolute Gasteiger partial charge is 0.508 e. The first-order chi connectivity index (χ1) is 18.6. The minimum atomic E-state index is -0.112. The maximum absolute atomic E-state index is 12.7. The molecule has 0 aliphatic carbocycles. The average molecular weight is 513 g/mol. The van der Waals surface area contributed by atoms with Gasteiger partial charge in [0, 0.05) is 48.8 Å². The highest BCUT2D eigenvalue weighted by Gasteiger charge is 2.16. The predicted molar refractivity (Wildman–Crippen MR) is 144 cm³/mol. The number of nitrogens with zero attached hydrogens (tertiary/aromatic N) is 3. The van der Waals surface area contributed by atoms with Crippen LogP contribution in [-0.4, -0.2) is 82.6 Å². The van der Waals surface area contributed by atoms with Crippen molar-refractivity contribution in [1.82, 2.24) is 30.4 Å². The van der Waals surface area contributed by atoms with Gasteiger partial charge in [0.05, 0.1) is 36.9 Å². The second-order valence-corrected chi connectivity index (χ2v) is 9.24. The van der Waals surface area contributed by atoms with Crippen LogP contribution in [0.5, 0.6) is 11.5 Å². The number of rotatable bonds is 7. The summed E-state index contributed by atoms with van der Waals surface area (Å²) < 4.78 is 10.8. The number of H-pyrrole nitrogens is 2. The van der Waals surface area contributed by atoms with E-state index in [1.54, 1.807) is 25.3 Å². The third-order valence-corrected chi connectivity index (χ3v) is 6.84. The Balaban J connectivity index is 1.22. The zero-order chi connectivity index (χ0) is 26.1. The molecule has 1 fully saturated rings. The predicted octanol–water partition coefficient (Wildman–Crippen LogP) is 3.55. The van der Waals surface area contributed by atoms with Crippen LogP contribution in [-0.2, 0) is 4.74 Å². The summed E-state index contributed by atoms with van der Waals surface area (Å²) in [5.74, 6) is 1.24. The van der Waals surface area contributed by atoms with Gasteiger partial charge in [0.25, 0.3) is 5.91 Å². The molecule has 0 bridgehead atoms. The third-order valence-electron chi connectivity index (χ3n) is 6.84. The Labute approximate surface area is 218 Å². The van der Waals surface area contributed by atoms with Gasteiger partial charge >= 0.3 is 0 Å². The van der Waals surface area contributed by atoms with E-state index in [9.17, 15) is 9.90 Å². The summed E-state index contributed by atoms with van der Waals surface area (Å²) in [4.78, 5) is 23.0. The molecule has 1 amide bonds. The summed E-state index contributed by atoms with van der Waals surface area (Å²) in [6.07, 6.45) is 0. The Kier molecular flexibility index (Phi) is 6.40. The summed E-state index contributed by atoms with van der Waals surface area (Å²) in [6, 6.07) is 16.4. The number of aromatic hydroxyl groups is 1. The molecule has 1 saturated heterocycles. The first-order valence-electron chi connectivity index (χ1n) is 12.5. The van der Waals surface area contributed by atoms with Crippen LogP contribution >= 0.6 is 0 Å². The zero-order valence-corrected chi connectivity index (χ0v) is 21.0. The topological polar surface area (TPSA) is 128 Å². The molecule has 4 N–H and O–H groups in total. The number of carbonyl (C=O) groups is 1. The van der Waals surface area contributed by atoms with E-state index in [0.717, 1.165) is 65.9 Å². The van der Waals surface area contributed by atoms with Crippen molar-refractivity contribution in [2.45, 2.75) is 0 Å². The lowest BCUT2D eigenvalue weighted by Crippen LogP contribution is -2.41. The molecular weight excluding hydrogens is 484 g/mol. The highest BCUT2D eigenvalue weighted by Crippen LogP contribution is 2.35.